The quantitative estimate of drug-likeness (QED) is 0.791. The third kappa shape index (κ3) is 4.04. The highest BCUT2D eigenvalue weighted by Gasteiger charge is 2.14. The first-order valence-electron chi connectivity index (χ1n) is 4.10. The summed E-state index contributed by atoms with van der Waals surface area (Å²) >= 11 is 13.2. The Balaban J connectivity index is 2.01. The fourth-order valence-electron chi connectivity index (χ4n) is 1.20. The van der Waals surface area contributed by atoms with Crippen LogP contribution in [0, 0.1) is 0 Å². The smallest absolute Gasteiger partial charge is 0.0431 e. The lowest BCUT2D eigenvalue weighted by molar-refractivity contribution is 0.681. The molecule has 0 aromatic rings. The average molecular weight is 226 g/mol. The molecule has 0 spiro atoms. The summed E-state index contributed by atoms with van der Waals surface area (Å²) in [5.41, 5.74) is 1.41. The van der Waals surface area contributed by atoms with Gasteiger partial charge in [0, 0.05) is 28.9 Å². The van der Waals surface area contributed by atoms with E-state index in [9.17, 15) is 0 Å². The molecule has 0 amide bonds. The molecule has 1 nitrogen and oxygen atoms in total. The monoisotopic (exact) mass is 225 g/mol. The van der Waals surface area contributed by atoms with Gasteiger partial charge in [-0.1, -0.05) is 23.2 Å². The second-order valence-electron chi connectivity index (χ2n) is 2.82. The molecule has 12 heavy (non-hydrogen) atoms. The molecule has 0 radical (unpaired) electrons. The van der Waals surface area contributed by atoms with Crippen LogP contribution in [0.15, 0.2) is 10.6 Å². The topological polar surface area (TPSA) is 12.0 Å². The number of hydrogen-bond acceptors (Lipinski definition) is 2. The van der Waals surface area contributed by atoms with Crippen LogP contribution >= 0.6 is 35.0 Å². The molecule has 0 aliphatic carbocycles. The SMILES string of the molecule is Cl/C=C(/Cl)CNCC1CCCS1. The van der Waals surface area contributed by atoms with Gasteiger partial charge in [-0.2, -0.15) is 11.8 Å². The van der Waals surface area contributed by atoms with Crippen molar-refractivity contribution in [3.63, 3.8) is 0 Å². The standard InChI is InChI=1S/C8H13Cl2NS/c9-4-7(10)5-11-6-8-2-1-3-12-8/h4,8,11H,1-3,5-6H2/b7-4+. The first-order valence-corrected chi connectivity index (χ1v) is 5.96. The predicted molar refractivity (Wildman–Crippen MR) is 58.1 cm³/mol. The van der Waals surface area contributed by atoms with Crippen LogP contribution in [0.3, 0.4) is 0 Å². The Hall–Kier alpha value is 0.630. The lowest BCUT2D eigenvalue weighted by Gasteiger charge is -2.08. The number of rotatable bonds is 4. The zero-order valence-electron chi connectivity index (χ0n) is 6.85. The van der Waals surface area contributed by atoms with Gasteiger partial charge in [0.05, 0.1) is 0 Å². The third-order valence-electron chi connectivity index (χ3n) is 1.81. The van der Waals surface area contributed by atoms with Crippen molar-refractivity contribution < 1.29 is 0 Å². The van der Waals surface area contributed by atoms with Gasteiger partial charge in [-0.25, -0.2) is 0 Å². The minimum absolute atomic E-state index is 0.680. The highest BCUT2D eigenvalue weighted by molar-refractivity contribution is 8.00. The molecule has 1 N–H and O–H groups in total. The molecule has 1 unspecified atom stereocenters. The summed E-state index contributed by atoms with van der Waals surface area (Å²) in [4.78, 5) is 0. The van der Waals surface area contributed by atoms with Crippen LogP contribution in [0.25, 0.3) is 0 Å². The number of thioether (sulfide) groups is 1. The summed E-state index contributed by atoms with van der Waals surface area (Å²) in [6.07, 6.45) is 2.69. The van der Waals surface area contributed by atoms with E-state index in [2.05, 4.69) is 5.32 Å². The lowest BCUT2D eigenvalue weighted by Crippen LogP contribution is -2.24. The van der Waals surface area contributed by atoms with E-state index in [1.807, 2.05) is 11.8 Å². The second-order valence-corrected chi connectivity index (χ2v) is 4.93. The van der Waals surface area contributed by atoms with E-state index in [-0.39, 0.29) is 0 Å². The van der Waals surface area contributed by atoms with E-state index in [0.29, 0.717) is 11.6 Å². The fraction of sp³-hybridized carbons (Fsp3) is 0.750. The Morgan fingerprint density at radius 1 is 1.67 bits per heavy atom. The molecule has 0 saturated carbocycles. The predicted octanol–water partition coefficient (Wildman–Crippen LogP) is 2.79. The van der Waals surface area contributed by atoms with E-state index >= 15 is 0 Å². The fourth-order valence-corrected chi connectivity index (χ4v) is 2.60. The Kier molecular flexibility index (Phi) is 5.48. The van der Waals surface area contributed by atoms with Gasteiger partial charge in [-0.05, 0) is 18.6 Å². The number of halogens is 2. The molecule has 1 fully saturated rings. The molecule has 1 rings (SSSR count). The lowest BCUT2D eigenvalue weighted by atomic mass is 10.2. The van der Waals surface area contributed by atoms with Crippen molar-refractivity contribution >= 4 is 35.0 Å². The van der Waals surface area contributed by atoms with E-state index in [0.717, 1.165) is 11.8 Å². The van der Waals surface area contributed by atoms with Gasteiger partial charge in [0.2, 0.25) is 0 Å². The summed E-state index contributed by atoms with van der Waals surface area (Å²) in [6, 6.07) is 0. The maximum atomic E-state index is 5.71. The van der Waals surface area contributed by atoms with E-state index in [1.54, 1.807) is 0 Å². The zero-order chi connectivity index (χ0) is 8.81. The molecular weight excluding hydrogens is 213 g/mol. The first-order chi connectivity index (χ1) is 5.83. The van der Waals surface area contributed by atoms with Crippen LogP contribution in [-0.4, -0.2) is 24.1 Å². The van der Waals surface area contributed by atoms with Gasteiger partial charge in [0.1, 0.15) is 0 Å². The Labute approximate surface area is 87.9 Å². The minimum Gasteiger partial charge on any atom is -0.311 e. The maximum absolute atomic E-state index is 5.71. The Bertz CT molecular complexity index is 155. The largest absolute Gasteiger partial charge is 0.311 e. The molecule has 1 heterocycles. The van der Waals surface area contributed by atoms with Gasteiger partial charge in [0.15, 0.2) is 0 Å². The highest BCUT2D eigenvalue weighted by Crippen LogP contribution is 2.25. The van der Waals surface area contributed by atoms with Crippen LogP contribution in [0.1, 0.15) is 12.8 Å². The van der Waals surface area contributed by atoms with Crippen LogP contribution in [0.2, 0.25) is 0 Å². The van der Waals surface area contributed by atoms with Crippen molar-refractivity contribution in [2.24, 2.45) is 0 Å². The van der Waals surface area contributed by atoms with Gasteiger partial charge >= 0.3 is 0 Å². The average Bonchev–Trinajstić information content (AvgIpc) is 2.57. The summed E-state index contributed by atoms with van der Waals surface area (Å²) < 4.78 is 0. The van der Waals surface area contributed by atoms with Gasteiger partial charge in [0.25, 0.3) is 0 Å². The Morgan fingerprint density at radius 2 is 2.50 bits per heavy atom. The van der Waals surface area contributed by atoms with Crippen molar-refractivity contribution in [1.29, 1.82) is 0 Å². The molecule has 1 aliphatic heterocycles. The van der Waals surface area contributed by atoms with Gasteiger partial charge < -0.3 is 5.32 Å². The number of hydrogen-bond donors (Lipinski definition) is 1. The number of nitrogens with one attached hydrogen (secondary N) is 1. The summed E-state index contributed by atoms with van der Waals surface area (Å²) in [5.74, 6) is 1.31. The van der Waals surface area contributed by atoms with Crippen LogP contribution in [0.5, 0.6) is 0 Å². The summed E-state index contributed by atoms with van der Waals surface area (Å²) in [6.45, 7) is 1.74. The molecule has 1 saturated heterocycles. The normalized spacial score (nSPS) is 24.8. The van der Waals surface area contributed by atoms with Gasteiger partial charge in [-0.3, -0.25) is 0 Å². The molecule has 0 bridgehead atoms. The first kappa shape index (κ1) is 10.7. The molecule has 1 atom stereocenters. The second kappa shape index (κ2) is 6.14. The molecule has 0 aromatic carbocycles. The summed E-state index contributed by atoms with van der Waals surface area (Å²) in [5, 5.41) is 4.73. The molecule has 70 valence electrons. The van der Waals surface area contributed by atoms with Crippen molar-refractivity contribution in [1.82, 2.24) is 5.32 Å². The van der Waals surface area contributed by atoms with Crippen LogP contribution < -0.4 is 5.32 Å². The molecule has 4 heteroatoms. The third-order valence-corrected chi connectivity index (χ3v) is 3.82. The molecule has 1 aliphatic rings. The van der Waals surface area contributed by atoms with Crippen molar-refractivity contribution in [2.75, 3.05) is 18.8 Å². The van der Waals surface area contributed by atoms with Crippen molar-refractivity contribution in [2.45, 2.75) is 18.1 Å². The Morgan fingerprint density at radius 3 is 3.08 bits per heavy atom. The zero-order valence-corrected chi connectivity index (χ0v) is 9.18. The van der Waals surface area contributed by atoms with Crippen LogP contribution in [-0.2, 0) is 0 Å². The molecule has 0 aromatic heterocycles. The van der Waals surface area contributed by atoms with E-state index in [1.165, 1.54) is 24.1 Å². The highest BCUT2D eigenvalue weighted by atomic mass is 35.5. The van der Waals surface area contributed by atoms with Crippen molar-refractivity contribution in [3.05, 3.63) is 10.6 Å². The molecular formula is C8H13Cl2NS. The summed E-state index contributed by atoms with van der Waals surface area (Å²) in [7, 11) is 0. The van der Waals surface area contributed by atoms with Crippen molar-refractivity contribution in [3.8, 4) is 0 Å². The van der Waals surface area contributed by atoms with Gasteiger partial charge in [-0.15, -0.1) is 0 Å². The van der Waals surface area contributed by atoms with E-state index < -0.39 is 0 Å². The maximum Gasteiger partial charge on any atom is 0.0431 e. The van der Waals surface area contributed by atoms with Crippen LogP contribution in [0.4, 0.5) is 0 Å². The van der Waals surface area contributed by atoms with E-state index in [4.69, 9.17) is 23.2 Å². The minimum atomic E-state index is 0.680.